The van der Waals surface area contributed by atoms with Gasteiger partial charge in [0.05, 0.1) is 17.3 Å². The number of rotatable bonds is 4. The van der Waals surface area contributed by atoms with E-state index in [1.54, 1.807) is 35.7 Å². The van der Waals surface area contributed by atoms with Crippen LogP contribution < -0.4 is 16.6 Å². The SMILES string of the molecule is Cc1cnc(C(C)NC(=O)c2ccccc2NN)s1. The van der Waals surface area contributed by atoms with Crippen LogP contribution in [0.25, 0.3) is 0 Å². The van der Waals surface area contributed by atoms with E-state index in [9.17, 15) is 4.79 Å². The van der Waals surface area contributed by atoms with E-state index in [1.165, 1.54) is 0 Å². The van der Waals surface area contributed by atoms with Gasteiger partial charge in [0.1, 0.15) is 5.01 Å². The number of nitrogen functional groups attached to an aromatic ring is 1. The van der Waals surface area contributed by atoms with Crippen molar-refractivity contribution < 1.29 is 4.79 Å². The lowest BCUT2D eigenvalue weighted by Crippen LogP contribution is -2.27. The summed E-state index contributed by atoms with van der Waals surface area (Å²) >= 11 is 1.58. The second-order valence-electron chi connectivity index (χ2n) is 4.19. The fraction of sp³-hybridized carbons (Fsp3) is 0.231. The highest BCUT2D eigenvalue weighted by molar-refractivity contribution is 7.11. The van der Waals surface area contributed by atoms with Crippen molar-refractivity contribution in [2.75, 3.05) is 5.43 Å². The van der Waals surface area contributed by atoms with Crippen molar-refractivity contribution in [3.05, 3.63) is 45.9 Å². The standard InChI is InChI=1S/C13H16N4OS/c1-8-7-15-13(19-8)9(2)16-12(18)10-5-3-4-6-11(10)17-14/h3-7,9,17H,14H2,1-2H3,(H,16,18). The second kappa shape index (κ2) is 5.81. The van der Waals surface area contributed by atoms with Crippen molar-refractivity contribution >= 4 is 22.9 Å². The number of anilines is 1. The molecular formula is C13H16N4OS. The topological polar surface area (TPSA) is 80.0 Å². The van der Waals surface area contributed by atoms with E-state index in [2.05, 4.69) is 15.7 Å². The van der Waals surface area contributed by atoms with Gasteiger partial charge in [-0.25, -0.2) is 4.98 Å². The van der Waals surface area contributed by atoms with Gasteiger partial charge >= 0.3 is 0 Å². The Morgan fingerprint density at radius 1 is 1.42 bits per heavy atom. The molecule has 0 aliphatic heterocycles. The Morgan fingerprint density at radius 2 is 2.16 bits per heavy atom. The van der Waals surface area contributed by atoms with E-state index in [4.69, 9.17) is 5.84 Å². The Balaban J connectivity index is 2.12. The molecule has 1 heterocycles. The molecule has 0 saturated carbocycles. The number of aryl methyl sites for hydroxylation is 1. The minimum atomic E-state index is -0.172. The number of nitrogens with zero attached hydrogens (tertiary/aromatic N) is 1. The molecule has 1 atom stereocenters. The number of nitrogens with two attached hydrogens (primary N) is 1. The Hall–Kier alpha value is -1.92. The fourth-order valence-electron chi connectivity index (χ4n) is 1.72. The normalized spacial score (nSPS) is 11.9. The summed E-state index contributed by atoms with van der Waals surface area (Å²) in [5, 5.41) is 3.81. The molecule has 1 unspecified atom stereocenters. The molecule has 2 aromatic rings. The average molecular weight is 276 g/mol. The lowest BCUT2D eigenvalue weighted by molar-refractivity contribution is 0.0940. The van der Waals surface area contributed by atoms with E-state index >= 15 is 0 Å². The highest BCUT2D eigenvalue weighted by atomic mass is 32.1. The molecule has 1 amide bonds. The number of nitrogens with one attached hydrogen (secondary N) is 2. The quantitative estimate of drug-likeness (QED) is 0.591. The third-order valence-electron chi connectivity index (χ3n) is 2.68. The van der Waals surface area contributed by atoms with Gasteiger partial charge in [-0.05, 0) is 26.0 Å². The van der Waals surface area contributed by atoms with Gasteiger partial charge in [-0.1, -0.05) is 12.1 Å². The highest BCUT2D eigenvalue weighted by Crippen LogP contribution is 2.20. The third kappa shape index (κ3) is 3.10. The number of thiazole rings is 1. The molecule has 0 bridgehead atoms. The summed E-state index contributed by atoms with van der Waals surface area (Å²) in [4.78, 5) is 17.6. The number of hydrogen-bond acceptors (Lipinski definition) is 5. The lowest BCUT2D eigenvalue weighted by Gasteiger charge is -2.13. The second-order valence-corrected chi connectivity index (χ2v) is 5.46. The molecule has 100 valence electrons. The smallest absolute Gasteiger partial charge is 0.253 e. The number of amides is 1. The van der Waals surface area contributed by atoms with Crippen LogP contribution in [0.4, 0.5) is 5.69 Å². The van der Waals surface area contributed by atoms with Crippen LogP contribution in [0.2, 0.25) is 0 Å². The zero-order valence-corrected chi connectivity index (χ0v) is 11.6. The van der Waals surface area contributed by atoms with E-state index in [0.29, 0.717) is 11.3 Å². The summed E-state index contributed by atoms with van der Waals surface area (Å²) in [6, 6.07) is 6.97. The largest absolute Gasteiger partial charge is 0.343 e. The molecule has 0 radical (unpaired) electrons. The van der Waals surface area contributed by atoms with Gasteiger partial charge in [0.25, 0.3) is 5.91 Å². The minimum absolute atomic E-state index is 0.128. The van der Waals surface area contributed by atoms with Crippen molar-refractivity contribution in [3.8, 4) is 0 Å². The van der Waals surface area contributed by atoms with Crippen LogP contribution in [0, 0.1) is 6.92 Å². The molecule has 5 nitrogen and oxygen atoms in total. The van der Waals surface area contributed by atoms with Gasteiger partial charge in [0, 0.05) is 11.1 Å². The predicted molar refractivity (Wildman–Crippen MR) is 77.0 cm³/mol. The molecule has 2 rings (SSSR count). The number of carbonyl (C=O) groups excluding carboxylic acids is 1. The first kappa shape index (κ1) is 13.5. The summed E-state index contributed by atoms with van der Waals surface area (Å²) in [5.41, 5.74) is 3.64. The maximum Gasteiger partial charge on any atom is 0.253 e. The summed E-state index contributed by atoms with van der Waals surface area (Å²) < 4.78 is 0. The first-order chi connectivity index (χ1) is 9.11. The van der Waals surface area contributed by atoms with Crippen LogP contribution >= 0.6 is 11.3 Å². The van der Waals surface area contributed by atoms with Crippen molar-refractivity contribution in [2.45, 2.75) is 19.9 Å². The predicted octanol–water partition coefficient (Wildman–Crippen LogP) is 2.23. The number of hydrogen-bond donors (Lipinski definition) is 3. The minimum Gasteiger partial charge on any atom is -0.343 e. The van der Waals surface area contributed by atoms with Gasteiger partial charge in [0.2, 0.25) is 0 Å². The third-order valence-corrected chi connectivity index (χ3v) is 3.78. The Labute approximate surface area is 115 Å². The van der Waals surface area contributed by atoms with Crippen molar-refractivity contribution in [1.82, 2.24) is 10.3 Å². The monoisotopic (exact) mass is 276 g/mol. The summed E-state index contributed by atoms with van der Waals surface area (Å²) in [6.45, 7) is 3.90. The average Bonchev–Trinajstić information content (AvgIpc) is 2.85. The van der Waals surface area contributed by atoms with Crippen molar-refractivity contribution in [3.63, 3.8) is 0 Å². The molecule has 0 aliphatic rings. The molecular weight excluding hydrogens is 260 g/mol. The number of carbonyl (C=O) groups is 1. The molecule has 1 aromatic heterocycles. The molecule has 1 aromatic carbocycles. The van der Waals surface area contributed by atoms with Gasteiger partial charge in [-0.3, -0.25) is 10.6 Å². The van der Waals surface area contributed by atoms with E-state index in [1.807, 2.05) is 19.9 Å². The molecule has 0 spiro atoms. The van der Waals surface area contributed by atoms with E-state index in [0.717, 1.165) is 9.88 Å². The van der Waals surface area contributed by atoms with Crippen molar-refractivity contribution in [2.24, 2.45) is 5.84 Å². The van der Waals surface area contributed by atoms with Crippen LogP contribution in [-0.2, 0) is 0 Å². The number of para-hydroxylation sites is 1. The lowest BCUT2D eigenvalue weighted by atomic mass is 10.1. The zero-order chi connectivity index (χ0) is 13.8. The number of hydrazine groups is 1. The molecule has 4 N–H and O–H groups in total. The highest BCUT2D eigenvalue weighted by Gasteiger charge is 2.16. The van der Waals surface area contributed by atoms with Crippen LogP contribution in [-0.4, -0.2) is 10.9 Å². The number of aromatic nitrogens is 1. The molecule has 0 fully saturated rings. The zero-order valence-electron chi connectivity index (χ0n) is 10.8. The summed E-state index contributed by atoms with van der Waals surface area (Å²) in [7, 11) is 0. The molecule has 0 saturated heterocycles. The van der Waals surface area contributed by atoms with E-state index in [-0.39, 0.29) is 11.9 Å². The summed E-state index contributed by atoms with van der Waals surface area (Å²) in [6.07, 6.45) is 1.80. The first-order valence-corrected chi connectivity index (χ1v) is 6.72. The maximum atomic E-state index is 12.2. The van der Waals surface area contributed by atoms with Gasteiger partial charge in [0.15, 0.2) is 0 Å². The van der Waals surface area contributed by atoms with Crippen LogP contribution in [0.3, 0.4) is 0 Å². The van der Waals surface area contributed by atoms with Gasteiger partial charge in [-0.15, -0.1) is 11.3 Å². The molecule has 19 heavy (non-hydrogen) atoms. The van der Waals surface area contributed by atoms with E-state index < -0.39 is 0 Å². The Kier molecular flexibility index (Phi) is 4.13. The van der Waals surface area contributed by atoms with Gasteiger partial charge < -0.3 is 10.7 Å². The van der Waals surface area contributed by atoms with Gasteiger partial charge in [-0.2, -0.15) is 0 Å². The first-order valence-electron chi connectivity index (χ1n) is 5.90. The van der Waals surface area contributed by atoms with Crippen molar-refractivity contribution in [1.29, 1.82) is 0 Å². The maximum absolute atomic E-state index is 12.2. The molecule has 0 aliphatic carbocycles. The number of benzene rings is 1. The van der Waals surface area contributed by atoms with Crippen LogP contribution in [0.1, 0.15) is 33.2 Å². The Bertz CT molecular complexity index is 582. The summed E-state index contributed by atoms with van der Waals surface area (Å²) in [5.74, 6) is 5.22. The van der Waals surface area contributed by atoms with Crippen LogP contribution in [0.15, 0.2) is 30.5 Å². The molecule has 6 heteroatoms. The van der Waals surface area contributed by atoms with Crippen LogP contribution in [0.5, 0.6) is 0 Å². The Morgan fingerprint density at radius 3 is 2.79 bits per heavy atom. The fourth-order valence-corrected chi connectivity index (χ4v) is 2.49.